The van der Waals surface area contributed by atoms with Crippen molar-refractivity contribution in [2.24, 2.45) is 5.73 Å². The first-order valence-corrected chi connectivity index (χ1v) is 7.40. The van der Waals surface area contributed by atoms with Crippen LogP contribution in [0.15, 0.2) is 18.2 Å². The highest BCUT2D eigenvalue weighted by Crippen LogP contribution is 2.21. The maximum absolute atomic E-state index is 9.35. The van der Waals surface area contributed by atoms with Crippen molar-refractivity contribution in [3.05, 3.63) is 29.3 Å². The molecule has 0 aromatic heterocycles. The summed E-state index contributed by atoms with van der Waals surface area (Å²) in [5, 5.41) is 9.35. The van der Waals surface area contributed by atoms with Gasteiger partial charge in [0.15, 0.2) is 0 Å². The number of hydrogen-bond acceptors (Lipinski definition) is 5. The Balaban J connectivity index is 2.87. The standard InChI is InChI=1S/C16H25N3O2/c1-3-20-9-7-19(8-10-21-4-2)16-6-5-14(12-17)11-15(16)13-18/h5-6,11H,3-4,7-10,12,17H2,1-2H3. The second kappa shape index (κ2) is 10.2. The zero-order chi connectivity index (χ0) is 15.5. The summed E-state index contributed by atoms with van der Waals surface area (Å²) in [6.07, 6.45) is 0. The molecule has 0 aliphatic rings. The average Bonchev–Trinajstić information content (AvgIpc) is 2.53. The zero-order valence-electron chi connectivity index (χ0n) is 13.0. The maximum Gasteiger partial charge on any atom is 0.101 e. The Labute approximate surface area is 127 Å². The molecule has 0 saturated heterocycles. The van der Waals surface area contributed by atoms with E-state index in [4.69, 9.17) is 15.2 Å². The van der Waals surface area contributed by atoms with Crippen LogP contribution in [0.3, 0.4) is 0 Å². The van der Waals surface area contributed by atoms with Gasteiger partial charge in [0.1, 0.15) is 6.07 Å². The van der Waals surface area contributed by atoms with Crippen molar-refractivity contribution in [2.75, 3.05) is 44.4 Å². The minimum Gasteiger partial charge on any atom is -0.380 e. The summed E-state index contributed by atoms with van der Waals surface area (Å²) in [7, 11) is 0. The van der Waals surface area contributed by atoms with Crippen LogP contribution in [0.4, 0.5) is 5.69 Å². The number of ether oxygens (including phenoxy) is 2. The van der Waals surface area contributed by atoms with Crippen LogP contribution in [-0.2, 0) is 16.0 Å². The molecule has 2 N–H and O–H groups in total. The van der Waals surface area contributed by atoms with Crippen molar-refractivity contribution < 1.29 is 9.47 Å². The van der Waals surface area contributed by atoms with E-state index >= 15 is 0 Å². The third kappa shape index (κ3) is 5.72. The molecule has 5 nitrogen and oxygen atoms in total. The van der Waals surface area contributed by atoms with Crippen molar-refractivity contribution in [2.45, 2.75) is 20.4 Å². The quantitative estimate of drug-likeness (QED) is 0.667. The van der Waals surface area contributed by atoms with E-state index in [9.17, 15) is 5.26 Å². The molecule has 1 rings (SSSR count). The first kappa shape index (κ1) is 17.4. The fourth-order valence-electron chi connectivity index (χ4n) is 2.07. The van der Waals surface area contributed by atoms with Crippen LogP contribution in [0.25, 0.3) is 0 Å². The van der Waals surface area contributed by atoms with E-state index in [-0.39, 0.29) is 0 Å². The fourth-order valence-corrected chi connectivity index (χ4v) is 2.07. The molecule has 0 fully saturated rings. The van der Waals surface area contributed by atoms with Gasteiger partial charge in [-0.05, 0) is 31.5 Å². The molecule has 116 valence electrons. The van der Waals surface area contributed by atoms with Gasteiger partial charge < -0.3 is 20.1 Å². The third-order valence-corrected chi connectivity index (χ3v) is 3.18. The topological polar surface area (TPSA) is 71.5 Å². The molecular formula is C16H25N3O2. The van der Waals surface area contributed by atoms with Crippen LogP contribution >= 0.6 is 0 Å². The van der Waals surface area contributed by atoms with Crippen LogP contribution in [-0.4, -0.2) is 39.5 Å². The van der Waals surface area contributed by atoms with Crippen molar-refractivity contribution in [1.82, 2.24) is 0 Å². The number of benzene rings is 1. The molecular weight excluding hydrogens is 266 g/mol. The van der Waals surface area contributed by atoms with Gasteiger partial charge in [0.2, 0.25) is 0 Å². The lowest BCUT2D eigenvalue weighted by molar-refractivity contribution is 0.141. The van der Waals surface area contributed by atoms with Crippen LogP contribution in [0.5, 0.6) is 0 Å². The van der Waals surface area contributed by atoms with Gasteiger partial charge in [0.25, 0.3) is 0 Å². The van der Waals surface area contributed by atoms with Gasteiger partial charge in [0, 0.05) is 32.8 Å². The van der Waals surface area contributed by atoms with E-state index in [1.807, 2.05) is 32.0 Å². The number of nitriles is 1. The second-order valence-electron chi connectivity index (χ2n) is 4.55. The fraction of sp³-hybridized carbons (Fsp3) is 0.562. The van der Waals surface area contributed by atoms with Crippen molar-refractivity contribution in [3.63, 3.8) is 0 Å². The molecule has 0 amide bonds. The summed E-state index contributed by atoms with van der Waals surface area (Å²) in [6.45, 7) is 8.50. The molecule has 0 unspecified atom stereocenters. The van der Waals surface area contributed by atoms with E-state index in [1.165, 1.54) is 0 Å². The highest BCUT2D eigenvalue weighted by Gasteiger charge is 2.12. The zero-order valence-corrected chi connectivity index (χ0v) is 13.0. The Morgan fingerprint density at radius 3 is 2.24 bits per heavy atom. The summed E-state index contributed by atoms with van der Waals surface area (Å²) < 4.78 is 10.8. The summed E-state index contributed by atoms with van der Waals surface area (Å²) in [5.74, 6) is 0. The van der Waals surface area contributed by atoms with Crippen LogP contribution in [0.2, 0.25) is 0 Å². The van der Waals surface area contributed by atoms with E-state index in [0.717, 1.165) is 24.3 Å². The predicted molar refractivity (Wildman–Crippen MR) is 84.2 cm³/mol. The Morgan fingerprint density at radius 1 is 1.14 bits per heavy atom. The summed E-state index contributed by atoms with van der Waals surface area (Å²) >= 11 is 0. The monoisotopic (exact) mass is 291 g/mol. The Morgan fingerprint density at radius 2 is 1.76 bits per heavy atom. The molecule has 21 heavy (non-hydrogen) atoms. The van der Waals surface area contributed by atoms with Gasteiger partial charge in [-0.3, -0.25) is 0 Å². The number of hydrogen-bond donors (Lipinski definition) is 1. The summed E-state index contributed by atoms with van der Waals surface area (Å²) in [4.78, 5) is 2.13. The molecule has 1 aromatic carbocycles. The minimum atomic E-state index is 0.437. The molecule has 0 radical (unpaired) electrons. The maximum atomic E-state index is 9.35. The largest absolute Gasteiger partial charge is 0.380 e. The van der Waals surface area contributed by atoms with E-state index in [2.05, 4.69) is 11.0 Å². The van der Waals surface area contributed by atoms with Gasteiger partial charge in [-0.25, -0.2) is 0 Å². The molecule has 0 atom stereocenters. The first-order chi connectivity index (χ1) is 10.3. The van der Waals surface area contributed by atoms with E-state index < -0.39 is 0 Å². The smallest absolute Gasteiger partial charge is 0.101 e. The van der Waals surface area contributed by atoms with Gasteiger partial charge in [-0.2, -0.15) is 5.26 Å². The molecule has 5 heteroatoms. The number of nitrogens with zero attached hydrogens (tertiary/aromatic N) is 2. The first-order valence-electron chi connectivity index (χ1n) is 7.40. The summed E-state index contributed by atoms with van der Waals surface area (Å²) in [6, 6.07) is 8.02. The Bertz CT molecular complexity index is 447. The molecule has 0 bridgehead atoms. The van der Waals surface area contributed by atoms with Gasteiger partial charge >= 0.3 is 0 Å². The van der Waals surface area contributed by atoms with E-state index in [1.54, 1.807) is 0 Å². The van der Waals surface area contributed by atoms with Crippen LogP contribution in [0, 0.1) is 11.3 Å². The van der Waals surface area contributed by atoms with Crippen molar-refractivity contribution in [3.8, 4) is 6.07 Å². The lowest BCUT2D eigenvalue weighted by Crippen LogP contribution is -2.31. The highest BCUT2D eigenvalue weighted by atomic mass is 16.5. The number of rotatable bonds is 10. The predicted octanol–water partition coefficient (Wildman–Crippen LogP) is 1.90. The molecule has 0 saturated carbocycles. The highest BCUT2D eigenvalue weighted by molar-refractivity contribution is 5.60. The molecule has 0 aliphatic carbocycles. The number of anilines is 1. The van der Waals surface area contributed by atoms with Gasteiger partial charge in [-0.1, -0.05) is 6.07 Å². The minimum absolute atomic E-state index is 0.437. The van der Waals surface area contributed by atoms with Gasteiger partial charge in [-0.15, -0.1) is 0 Å². The normalized spacial score (nSPS) is 10.4. The van der Waals surface area contributed by atoms with Gasteiger partial charge in [0.05, 0.1) is 24.5 Å². The molecule has 1 aromatic rings. The summed E-state index contributed by atoms with van der Waals surface area (Å²) in [5.41, 5.74) is 8.15. The van der Waals surface area contributed by atoms with Crippen molar-refractivity contribution >= 4 is 5.69 Å². The van der Waals surface area contributed by atoms with E-state index in [0.29, 0.717) is 38.5 Å². The third-order valence-electron chi connectivity index (χ3n) is 3.18. The lowest BCUT2D eigenvalue weighted by atomic mass is 10.1. The molecule has 0 spiro atoms. The second-order valence-corrected chi connectivity index (χ2v) is 4.55. The lowest BCUT2D eigenvalue weighted by Gasteiger charge is -2.26. The van der Waals surface area contributed by atoms with Crippen LogP contribution < -0.4 is 10.6 Å². The Hall–Kier alpha value is -1.61. The van der Waals surface area contributed by atoms with Crippen molar-refractivity contribution in [1.29, 1.82) is 5.26 Å². The SMILES string of the molecule is CCOCCN(CCOCC)c1ccc(CN)cc1C#N. The molecule has 0 heterocycles. The average molecular weight is 291 g/mol. The van der Waals surface area contributed by atoms with Crippen LogP contribution in [0.1, 0.15) is 25.0 Å². The molecule has 0 aliphatic heterocycles. The Kier molecular flexibility index (Phi) is 8.44. The number of nitrogens with two attached hydrogens (primary N) is 1.